The predicted octanol–water partition coefficient (Wildman–Crippen LogP) is 1.47. The second-order valence-electron chi connectivity index (χ2n) is 7.81. The minimum atomic E-state index is -0.815. The fraction of sp³-hybridized carbons (Fsp3) is 0.476. The number of amides is 5. The van der Waals surface area contributed by atoms with Crippen LogP contribution in [0.15, 0.2) is 24.3 Å². The first kappa shape index (κ1) is 20.1. The van der Waals surface area contributed by atoms with Crippen molar-refractivity contribution in [2.45, 2.75) is 44.1 Å². The lowest BCUT2D eigenvalue weighted by molar-refractivity contribution is -0.144. The molecule has 1 aromatic carbocycles. The van der Waals surface area contributed by atoms with E-state index in [0.29, 0.717) is 24.0 Å². The number of nitrogens with zero attached hydrogens (tertiary/aromatic N) is 2. The number of rotatable bonds is 6. The van der Waals surface area contributed by atoms with Crippen LogP contribution in [-0.4, -0.2) is 64.8 Å². The van der Waals surface area contributed by atoms with E-state index in [-0.39, 0.29) is 32.0 Å². The highest BCUT2D eigenvalue weighted by Crippen LogP contribution is 2.33. The molecule has 0 bridgehead atoms. The Morgan fingerprint density at radius 1 is 0.933 bits per heavy atom. The zero-order chi connectivity index (χ0) is 21.3. The van der Waals surface area contributed by atoms with Crippen LogP contribution in [0, 0.1) is 0 Å². The maximum atomic E-state index is 12.7. The van der Waals surface area contributed by atoms with Crippen molar-refractivity contribution in [3.05, 3.63) is 35.4 Å². The maximum absolute atomic E-state index is 12.7. The van der Waals surface area contributed by atoms with Gasteiger partial charge in [-0.05, 0) is 25.0 Å². The number of imide groups is 2. The van der Waals surface area contributed by atoms with Gasteiger partial charge in [0.1, 0.15) is 12.1 Å². The molecule has 0 unspecified atom stereocenters. The lowest BCUT2D eigenvalue weighted by atomic mass is 9.82. The third-order valence-corrected chi connectivity index (χ3v) is 5.95. The first-order valence-corrected chi connectivity index (χ1v) is 10.2. The number of fused-ring (bicyclic) bond motifs is 1. The topological polar surface area (TPSA) is 113 Å². The summed E-state index contributed by atoms with van der Waals surface area (Å²) in [5.74, 6) is -1.70. The van der Waals surface area contributed by atoms with E-state index in [1.807, 2.05) is 0 Å². The van der Waals surface area contributed by atoms with Crippen molar-refractivity contribution in [1.82, 2.24) is 15.1 Å². The van der Waals surface area contributed by atoms with Gasteiger partial charge in [0.25, 0.3) is 17.7 Å². The molecule has 0 aromatic heterocycles. The Bertz CT molecular complexity index is 886. The number of carbonyl (C=O) groups is 5. The quantitative estimate of drug-likeness (QED) is 0.429. The highest BCUT2D eigenvalue weighted by atomic mass is 16.5. The summed E-state index contributed by atoms with van der Waals surface area (Å²) < 4.78 is 5.11. The van der Waals surface area contributed by atoms with Crippen molar-refractivity contribution in [3.63, 3.8) is 0 Å². The second kappa shape index (κ2) is 7.89. The molecule has 0 atom stereocenters. The van der Waals surface area contributed by atoms with E-state index >= 15 is 0 Å². The van der Waals surface area contributed by atoms with Gasteiger partial charge >= 0.3 is 12.0 Å². The molecule has 2 fully saturated rings. The molecule has 158 valence electrons. The van der Waals surface area contributed by atoms with Crippen LogP contribution in [0.4, 0.5) is 4.79 Å². The lowest BCUT2D eigenvalue weighted by Crippen LogP contribution is -2.48. The first-order valence-electron chi connectivity index (χ1n) is 10.2. The minimum absolute atomic E-state index is 0.0513. The summed E-state index contributed by atoms with van der Waals surface area (Å²) >= 11 is 0. The standard InChI is InChI=1S/C21H23N3O6/c25-16(8-11-24-19(28)21(22-20(24)29)9-4-1-5-10-21)30-13-12-23-17(26)14-6-2-3-7-15(14)18(23)27/h2-3,6-7H,1,4-5,8-13H2,(H,22,29). The molecule has 1 aliphatic carbocycles. The Hall–Kier alpha value is -3.23. The Kier molecular flexibility index (Phi) is 5.27. The Morgan fingerprint density at radius 3 is 2.20 bits per heavy atom. The van der Waals surface area contributed by atoms with Crippen molar-refractivity contribution in [3.8, 4) is 0 Å². The average molecular weight is 413 g/mol. The van der Waals surface area contributed by atoms with E-state index in [4.69, 9.17) is 4.74 Å². The highest BCUT2D eigenvalue weighted by molar-refractivity contribution is 6.21. The van der Waals surface area contributed by atoms with Gasteiger partial charge in [-0.1, -0.05) is 31.4 Å². The number of urea groups is 1. The first-order chi connectivity index (χ1) is 14.4. The van der Waals surface area contributed by atoms with Gasteiger partial charge in [-0.2, -0.15) is 0 Å². The van der Waals surface area contributed by atoms with Gasteiger partial charge in [-0.3, -0.25) is 29.0 Å². The molecular weight excluding hydrogens is 390 g/mol. The van der Waals surface area contributed by atoms with E-state index in [2.05, 4.69) is 5.32 Å². The van der Waals surface area contributed by atoms with E-state index in [9.17, 15) is 24.0 Å². The van der Waals surface area contributed by atoms with Gasteiger partial charge < -0.3 is 10.1 Å². The largest absolute Gasteiger partial charge is 0.464 e. The molecule has 2 aliphatic heterocycles. The Labute approximate surface area is 173 Å². The lowest BCUT2D eigenvalue weighted by Gasteiger charge is -2.30. The number of nitrogens with one attached hydrogen (secondary N) is 1. The number of esters is 1. The third kappa shape index (κ3) is 3.44. The Balaban J connectivity index is 1.24. The molecule has 2 heterocycles. The summed E-state index contributed by atoms with van der Waals surface area (Å²) in [5.41, 5.74) is -0.141. The zero-order valence-electron chi connectivity index (χ0n) is 16.5. The van der Waals surface area contributed by atoms with Crippen molar-refractivity contribution in [1.29, 1.82) is 0 Å². The van der Waals surface area contributed by atoms with Crippen molar-refractivity contribution >= 4 is 29.7 Å². The molecule has 9 heteroatoms. The number of carbonyl (C=O) groups excluding carboxylic acids is 5. The van der Waals surface area contributed by atoms with Gasteiger partial charge in [0.15, 0.2) is 0 Å². The van der Waals surface area contributed by atoms with Crippen LogP contribution < -0.4 is 5.32 Å². The average Bonchev–Trinajstić information content (AvgIpc) is 3.12. The summed E-state index contributed by atoms with van der Waals surface area (Å²) in [6.07, 6.45) is 3.93. The summed E-state index contributed by atoms with van der Waals surface area (Å²) in [6, 6.07) is 6.06. The molecule has 5 amide bonds. The number of benzene rings is 1. The minimum Gasteiger partial charge on any atom is -0.464 e. The normalized spacial score (nSPS) is 20.0. The Morgan fingerprint density at radius 2 is 1.57 bits per heavy atom. The van der Waals surface area contributed by atoms with E-state index < -0.39 is 29.4 Å². The third-order valence-electron chi connectivity index (χ3n) is 5.95. The van der Waals surface area contributed by atoms with Crippen molar-refractivity contribution in [2.24, 2.45) is 0 Å². The van der Waals surface area contributed by atoms with Gasteiger partial charge in [0.2, 0.25) is 0 Å². The summed E-state index contributed by atoms with van der Waals surface area (Å²) in [6.45, 7) is -0.253. The predicted molar refractivity (Wildman–Crippen MR) is 103 cm³/mol. The monoisotopic (exact) mass is 413 g/mol. The molecule has 0 radical (unpaired) electrons. The molecule has 9 nitrogen and oxygen atoms in total. The van der Waals surface area contributed by atoms with Crippen LogP contribution >= 0.6 is 0 Å². The van der Waals surface area contributed by atoms with Crippen LogP contribution in [0.3, 0.4) is 0 Å². The van der Waals surface area contributed by atoms with E-state index in [1.165, 1.54) is 0 Å². The summed E-state index contributed by atoms with van der Waals surface area (Å²) in [4.78, 5) is 63.6. The van der Waals surface area contributed by atoms with Gasteiger partial charge in [0, 0.05) is 6.54 Å². The van der Waals surface area contributed by atoms with Crippen molar-refractivity contribution < 1.29 is 28.7 Å². The molecule has 1 saturated heterocycles. The van der Waals surface area contributed by atoms with Crippen LogP contribution in [0.25, 0.3) is 0 Å². The highest BCUT2D eigenvalue weighted by Gasteiger charge is 2.51. The number of hydrogen-bond acceptors (Lipinski definition) is 6. The summed E-state index contributed by atoms with van der Waals surface area (Å²) in [7, 11) is 0. The number of ether oxygens (including phenoxy) is 1. The van der Waals surface area contributed by atoms with E-state index in [1.54, 1.807) is 24.3 Å². The SMILES string of the molecule is O=C(CCN1C(=O)NC2(CCCCC2)C1=O)OCCN1C(=O)c2ccccc2C1=O. The smallest absolute Gasteiger partial charge is 0.325 e. The molecular formula is C21H23N3O6. The maximum Gasteiger partial charge on any atom is 0.325 e. The van der Waals surface area contributed by atoms with Crippen LogP contribution in [0.5, 0.6) is 0 Å². The molecule has 3 aliphatic rings. The molecule has 30 heavy (non-hydrogen) atoms. The summed E-state index contributed by atoms with van der Waals surface area (Å²) in [5, 5.41) is 2.80. The van der Waals surface area contributed by atoms with Gasteiger partial charge in [0.05, 0.1) is 24.1 Å². The fourth-order valence-electron chi connectivity index (χ4n) is 4.34. The van der Waals surface area contributed by atoms with Gasteiger partial charge in [-0.15, -0.1) is 0 Å². The molecule has 1 saturated carbocycles. The van der Waals surface area contributed by atoms with Crippen LogP contribution in [-0.2, 0) is 14.3 Å². The van der Waals surface area contributed by atoms with Crippen LogP contribution in [0.1, 0.15) is 59.2 Å². The fourth-order valence-corrected chi connectivity index (χ4v) is 4.34. The molecule has 1 aromatic rings. The van der Waals surface area contributed by atoms with Crippen LogP contribution in [0.2, 0.25) is 0 Å². The zero-order valence-corrected chi connectivity index (χ0v) is 16.5. The molecule has 4 rings (SSSR count). The van der Waals surface area contributed by atoms with Crippen molar-refractivity contribution in [2.75, 3.05) is 19.7 Å². The van der Waals surface area contributed by atoms with Gasteiger partial charge in [-0.25, -0.2) is 4.79 Å². The second-order valence-corrected chi connectivity index (χ2v) is 7.81. The molecule has 1 N–H and O–H groups in total. The van der Waals surface area contributed by atoms with E-state index in [0.717, 1.165) is 29.1 Å². The number of hydrogen-bond donors (Lipinski definition) is 1. The molecule has 1 spiro atoms.